The minimum absolute atomic E-state index is 0.0629. The lowest BCUT2D eigenvalue weighted by Crippen LogP contribution is -2.39. The van der Waals surface area contributed by atoms with Gasteiger partial charge in [-0.1, -0.05) is 12.1 Å². The number of rotatable bonds is 3. The third-order valence-electron chi connectivity index (χ3n) is 3.65. The van der Waals surface area contributed by atoms with E-state index < -0.39 is 0 Å². The Morgan fingerprint density at radius 3 is 3.05 bits per heavy atom. The standard InChI is InChI=1S/C14H13N5OS2/c20-14(11-7-10(16-17-11)12-5-2-6-21-12)15-8-3-1-4-9-13(8)19-22-18-9/h1-6,10-11,16-17H,7H2,(H,15,20). The molecule has 0 saturated carbocycles. The van der Waals surface area contributed by atoms with Gasteiger partial charge in [-0.25, -0.2) is 10.9 Å². The highest BCUT2D eigenvalue weighted by molar-refractivity contribution is 7.10. The summed E-state index contributed by atoms with van der Waals surface area (Å²) >= 11 is 2.84. The van der Waals surface area contributed by atoms with Gasteiger partial charge in [0.1, 0.15) is 17.1 Å². The zero-order chi connectivity index (χ0) is 14.9. The lowest BCUT2D eigenvalue weighted by atomic mass is 10.1. The van der Waals surface area contributed by atoms with E-state index in [2.05, 4.69) is 31.0 Å². The number of hydrogen-bond donors (Lipinski definition) is 3. The first-order chi connectivity index (χ1) is 10.8. The smallest absolute Gasteiger partial charge is 0.242 e. The van der Waals surface area contributed by atoms with Crippen molar-refractivity contribution in [3.8, 4) is 0 Å². The molecule has 1 aliphatic rings. The number of hydrogen-bond acceptors (Lipinski definition) is 7. The number of aromatic nitrogens is 2. The fraction of sp³-hybridized carbons (Fsp3) is 0.214. The van der Waals surface area contributed by atoms with Gasteiger partial charge >= 0.3 is 0 Å². The third kappa shape index (κ3) is 2.50. The van der Waals surface area contributed by atoms with E-state index in [9.17, 15) is 4.79 Å². The molecule has 0 aliphatic carbocycles. The van der Waals surface area contributed by atoms with E-state index in [1.54, 1.807) is 11.3 Å². The largest absolute Gasteiger partial charge is 0.323 e. The molecule has 3 aromatic rings. The van der Waals surface area contributed by atoms with Crippen LogP contribution in [-0.4, -0.2) is 20.7 Å². The van der Waals surface area contributed by atoms with Crippen LogP contribution in [0.5, 0.6) is 0 Å². The molecule has 3 N–H and O–H groups in total. The molecule has 0 radical (unpaired) electrons. The van der Waals surface area contributed by atoms with Gasteiger partial charge in [-0.15, -0.1) is 11.3 Å². The van der Waals surface area contributed by atoms with Crippen molar-refractivity contribution in [2.24, 2.45) is 0 Å². The molecular weight excluding hydrogens is 318 g/mol. The van der Waals surface area contributed by atoms with E-state index >= 15 is 0 Å². The van der Waals surface area contributed by atoms with E-state index in [0.29, 0.717) is 5.69 Å². The third-order valence-corrected chi connectivity index (χ3v) is 5.18. The number of nitrogens with zero attached hydrogens (tertiary/aromatic N) is 2. The lowest BCUT2D eigenvalue weighted by molar-refractivity contribution is -0.117. The van der Waals surface area contributed by atoms with E-state index in [1.807, 2.05) is 29.6 Å². The van der Waals surface area contributed by atoms with E-state index in [1.165, 1.54) is 4.88 Å². The van der Waals surface area contributed by atoms with Crippen molar-refractivity contribution in [3.63, 3.8) is 0 Å². The molecule has 2 aromatic heterocycles. The van der Waals surface area contributed by atoms with Crippen molar-refractivity contribution in [2.75, 3.05) is 5.32 Å². The number of amides is 1. The molecule has 112 valence electrons. The predicted octanol–water partition coefficient (Wildman–Crippen LogP) is 2.30. The first-order valence-corrected chi connectivity index (χ1v) is 8.49. The Labute approximate surface area is 134 Å². The molecule has 22 heavy (non-hydrogen) atoms. The number of thiophene rings is 1. The van der Waals surface area contributed by atoms with Crippen LogP contribution in [0.4, 0.5) is 5.69 Å². The zero-order valence-corrected chi connectivity index (χ0v) is 13.1. The highest BCUT2D eigenvalue weighted by Gasteiger charge is 2.30. The summed E-state index contributed by atoms with van der Waals surface area (Å²) in [6.07, 6.45) is 0.720. The first-order valence-electron chi connectivity index (χ1n) is 6.88. The average Bonchev–Trinajstić information content (AvgIpc) is 3.27. The molecular formula is C14H13N5OS2. The Morgan fingerprint density at radius 1 is 1.23 bits per heavy atom. The Kier molecular flexibility index (Phi) is 3.59. The topological polar surface area (TPSA) is 78.9 Å². The quantitative estimate of drug-likeness (QED) is 0.686. The highest BCUT2D eigenvalue weighted by Crippen LogP contribution is 2.27. The monoisotopic (exact) mass is 331 g/mol. The second-order valence-corrected chi connectivity index (χ2v) is 6.58. The van der Waals surface area contributed by atoms with Gasteiger partial charge in [-0.3, -0.25) is 4.79 Å². The average molecular weight is 331 g/mol. The maximum atomic E-state index is 12.4. The maximum absolute atomic E-state index is 12.4. The van der Waals surface area contributed by atoms with E-state index in [-0.39, 0.29) is 18.0 Å². The summed E-state index contributed by atoms with van der Waals surface area (Å²) < 4.78 is 8.42. The highest BCUT2D eigenvalue weighted by atomic mass is 32.1. The molecule has 8 heteroatoms. The van der Waals surface area contributed by atoms with Gasteiger partial charge in [0.2, 0.25) is 5.91 Å². The fourth-order valence-electron chi connectivity index (χ4n) is 2.53. The second-order valence-electron chi connectivity index (χ2n) is 5.07. The van der Waals surface area contributed by atoms with Crippen molar-refractivity contribution >= 4 is 45.7 Å². The van der Waals surface area contributed by atoms with Crippen molar-refractivity contribution in [1.82, 2.24) is 19.6 Å². The van der Waals surface area contributed by atoms with Crippen LogP contribution >= 0.6 is 23.1 Å². The minimum Gasteiger partial charge on any atom is -0.323 e. The summed E-state index contributed by atoms with van der Waals surface area (Å²) in [7, 11) is 0. The molecule has 1 fully saturated rings. The van der Waals surface area contributed by atoms with Crippen LogP contribution in [0.15, 0.2) is 35.7 Å². The normalized spacial score (nSPS) is 21.3. The molecule has 6 nitrogen and oxygen atoms in total. The SMILES string of the molecule is O=C(Nc1cccc2nsnc12)C1CC(c2cccs2)NN1. The molecule has 1 aliphatic heterocycles. The van der Waals surface area contributed by atoms with Gasteiger partial charge in [0.25, 0.3) is 0 Å². The van der Waals surface area contributed by atoms with Crippen LogP contribution in [-0.2, 0) is 4.79 Å². The van der Waals surface area contributed by atoms with Crippen molar-refractivity contribution in [3.05, 3.63) is 40.6 Å². The van der Waals surface area contributed by atoms with Gasteiger partial charge in [0.05, 0.1) is 23.5 Å². The van der Waals surface area contributed by atoms with Crippen LogP contribution in [0.2, 0.25) is 0 Å². The second kappa shape index (κ2) is 5.73. The van der Waals surface area contributed by atoms with Crippen LogP contribution in [0.3, 0.4) is 0 Å². The Hall–Kier alpha value is -1.87. The molecule has 0 bridgehead atoms. The summed E-state index contributed by atoms with van der Waals surface area (Å²) in [5.74, 6) is -0.0629. The van der Waals surface area contributed by atoms with Crippen LogP contribution in [0.1, 0.15) is 17.3 Å². The summed E-state index contributed by atoms with van der Waals surface area (Å²) in [4.78, 5) is 13.7. The molecule has 1 amide bonds. The molecule has 1 aromatic carbocycles. The molecule has 2 atom stereocenters. The lowest BCUT2D eigenvalue weighted by Gasteiger charge is -2.10. The summed E-state index contributed by atoms with van der Waals surface area (Å²) in [6, 6.07) is 9.60. The number of fused-ring (bicyclic) bond motifs is 1. The van der Waals surface area contributed by atoms with Crippen LogP contribution in [0, 0.1) is 0 Å². The van der Waals surface area contributed by atoms with Gasteiger partial charge in [-0.2, -0.15) is 8.75 Å². The number of nitrogens with one attached hydrogen (secondary N) is 3. The molecule has 2 unspecified atom stereocenters. The molecule has 3 heterocycles. The van der Waals surface area contributed by atoms with Crippen molar-refractivity contribution in [1.29, 1.82) is 0 Å². The first kappa shape index (κ1) is 13.8. The summed E-state index contributed by atoms with van der Waals surface area (Å²) in [6.45, 7) is 0. The van der Waals surface area contributed by atoms with Gasteiger partial charge in [0, 0.05) is 4.88 Å². The maximum Gasteiger partial charge on any atom is 0.242 e. The summed E-state index contributed by atoms with van der Waals surface area (Å²) in [5, 5.41) is 4.99. The van der Waals surface area contributed by atoms with E-state index in [0.717, 1.165) is 29.2 Å². The van der Waals surface area contributed by atoms with Gasteiger partial charge in [-0.05, 0) is 30.0 Å². The fourth-order valence-corrected chi connectivity index (χ4v) is 3.87. The summed E-state index contributed by atoms with van der Waals surface area (Å²) in [5.41, 5.74) is 8.50. The number of hydrazine groups is 1. The van der Waals surface area contributed by atoms with Crippen LogP contribution in [0.25, 0.3) is 11.0 Å². The number of carbonyl (C=O) groups is 1. The molecule has 4 rings (SSSR count). The van der Waals surface area contributed by atoms with Gasteiger partial charge < -0.3 is 5.32 Å². The van der Waals surface area contributed by atoms with Crippen molar-refractivity contribution in [2.45, 2.75) is 18.5 Å². The Bertz CT molecular complexity index is 801. The zero-order valence-electron chi connectivity index (χ0n) is 11.4. The number of carbonyl (C=O) groups excluding carboxylic acids is 1. The van der Waals surface area contributed by atoms with Crippen LogP contribution < -0.4 is 16.2 Å². The Balaban J connectivity index is 1.48. The van der Waals surface area contributed by atoms with Gasteiger partial charge in [0.15, 0.2) is 0 Å². The molecule has 1 saturated heterocycles. The Morgan fingerprint density at radius 2 is 2.18 bits per heavy atom. The number of benzene rings is 1. The predicted molar refractivity (Wildman–Crippen MR) is 87.8 cm³/mol. The van der Waals surface area contributed by atoms with Crippen molar-refractivity contribution < 1.29 is 4.79 Å². The molecule has 0 spiro atoms. The number of anilines is 1. The van der Waals surface area contributed by atoms with E-state index in [4.69, 9.17) is 0 Å². The minimum atomic E-state index is -0.269.